The minimum Gasteiger partial charge on any atom is -0.465 e. The molecule has 0 fully saturated rings. The molecule has 1 aromatic heterocycles. The van der Waals surface area contributed by atoms with Crippen LogP contribution in [0.15, 0.2) is 0 Å². The van der Waals surface area contributed by atoms with E-state index in [4.69, 9.17) is 16.4 Å². The van der Waals surface area contributed by atoms with Crippen LogP contribution in [0.5, 0.6) is 6.01 Å². The van der Waals surface area contributed by atoms with E-state index in [1.165, 1.54) is 0 Å². The summed E-state index contributed by atoms with van der Waals surface area (Å²) in [6, 6.07) is 0.198. The molecule has 0 aliphatic carbocycles. The molecule has 0 amide bonds. The fraction of sp³-hybridized carbons (Fsp3) is 0.400. The molecule has 0 bridgehead atoms. The van der Waals surface area contributed by atoms with Gasteiger partial charge in [-0.05, 0) is 6.92 Å². The number of aromatic nitrogens is 3. The topological polar surface area (TPSA) is 124 Å². The van der Waals surface area contributed by atoms with Crippen molar-refractivity contribution in [1.82, 2.24) is 15.0 Å². The molecule has 0 spiro atoms. The van der Waals surface area contributed by atoms with Gasteiger partial charge >= 0.3 is 6.01 Å². The first-order valence-electron chi connectivity index (χ1n) is 4.01. The average molecular weight is 215 g/mol. The molecule has 8 nitrogen and oxygen atoms in total. The van der Waals surface area contributed by atoms with Gasteiger partial charge in [-0.2, -0.15) is 15.0 Å². The normalized spacial score (nSPS) is 12.2. The fourth-order valence-corrected chi connectivity index (χ4v) is 0.960. The number of nitrogen functional groups attached to an aromatic ring is 2. The van der Waals surface area contributed by atoms with E-state index in [0.29, 0.717) is 0 Å². The van der Waals surface area contributed by atoms with E-state index >= 15 is 0 Å². The predicted molar refractivity (Wildman–Crippen MR) is 55.5 cm³/mol. The van der Waals surface area contributed by atoms with Gasteiger partial charge in [0, 0.05) is 0 Å². The molecule has 9 heteroatoms. The number of rotatable bonds is 4. The minimum atomic E-state index is 0.105. The molecule has 0 aromatic carbocycles. The summed E-state index contributed by atoms with van der Waals surface area (Å²) >= 11 is 0. The number of anilines is 2. The highest BCUT2D eigenvalue weighted by atomic mass is 28.1. The van der Waals surface area contributed by atoms with Crippen LogP contribution < -0.4 is 27.3 Å². The van der Waals surface area contributed by atoms with Crippen molar-refractivity contribution in [3.05, 3.63) is 0 Å². The van der Waals surface area contributed by atoms with Crippen LogP contribution in [-0.4, -0.2) is 30.9 Å². The van der Waals surface area contributed by atoms with Gasteiger partial charge in [0.15, 0.2) is 0 Å². The lowest BCUT2D eigenvalue weighted by Gasteiger charge is -2.09. The molecule has 0 aliphatic rings. The Balaban J connectivity index is 2.92. The van der Waals surface area contributed by atoms with Crippen molar-refractivity contribution in [3.8, 4) is 6.01 Å². The monoisotopic (exact) mass is 215 g/mol. The molecule has 1 unspecified atom stereocenters. The molecular weight excluding hydrogens is 202 g/mol. The van der Waals surface area contributed by atoms with Crippen LogP contribution in [0.4, 0.5) is 11.9 Å². The van der Waals surface area contributed by atoms with Crippen molar-refractivity contribution in [1.29, 1.82) is 0 Å². The van der Waals surface area contributed by atoms with Gasteiger partial charge in [0.05, 0.1) is 16.0 Å². The Hall–Kier alpha value is -1.45. The second kappa shape index (κ2) is 4.69. The molecule has 0 radical (unpaired) electrons. The summed E-state index contributed by atoms with van der Waals surface area (Å²) in [6.45, 7) is 1.92. The van der Waals surface area contributed by atoms with Gasteiger partial charge in [-0.15, -0.1) is 0 Å². The van der Waals surface area contributed by atoms with E-state index < -0.39 is 0 Å². The van der Waals surface area contributed by atoms with Crippen LogP contribution in [-0.2, 0) is 0 Å². The van der Waals surface area contributed by atoms with Gasteiger partial charge in [0.25, 0.3) is 0 Å². The standard InChI is InChI=1S/C5H13N7OSi/c1-2(14)13-5-9-3(11-6)8-4(10-5)12-7/h2H,6-7H2,1,14H3,(H2,8,9,10,11,12). The summed E-state index contributed by atoms with van der Waals surface area (Å²) in [5, 5.41) is 0. The van der Waals surface area contributed by atoms with E-state index in [9.17, 15) is 0 Å². The number of hydrogen-bond donors (Lipinski definition) is 4. The van der Waals surface area contributed by atoms with Gasteiger partial charge in [0.2, 0.25) is 11.9 Å². The third-order valence-corrected chi connectivity index (χ3v) is 1.45. The fourth-order valence-electron chi connectivity index (χ4n) is 0.749. The van der Waals surface area contributed by atoms with E-state index in [1.54, 1.807) is 0 Å². The van der Waals surface area contributed by atoms with E-state index in [0.717, 1.165) is 10.2 Å². The quantitative estimate of drug-likeness (QED) is 0.247. The Labute approximate surface area is 83.8 Å². The second-order valence-electron chi connectivity index (χ2n) is 2.72. The molecule has 0 saturated carbocycles. The summed E-state index contributed by atoms with van der Waals surface area (Å²) < 4.78 is 5.31. The lowest BCUT2D eigenvalue weighted by atomic mass is 10.8. The minimum absolute atomic E-state index is 0.105. The van der Waals surface area contributed by atoms with Gasteiger partial charge in [-0.25, -0.2) is 11.7 Å². The lowest BCUT2D eigenvalue weighted by Crippen LogP contribution is -2.19. The van der Waals surface area contributed by atoms with E-state index in [-0.39, 0.29) is 23.6 Å². The highest BCUT2D eigenvalue weighted by molar-refractivity contribution is 6.10. The summed E-state index contributed by atoms with van der Waals surface area (Å²) in [7, 11) is 0.877. The van der Waals surface area contributed by atoms with Crippen LogP contribution in [0.3, 0.4) is 0 Å². The molecule has 1 rings (SSSR count). The highest BCUT2D eigenvalue weighted by Crippen LogP contribution is 2.09. The van der Waals surface area contributed by atoms with Crippen molar-refractivity contribution in [3.63, 3.8) is 0 Å². The van der Waals surface area contributed by atoms with Crippen molar-refractivity contribution in [2.75, 3.05) is 10.9 Å². The zero-order valence-electron chi connectivity index (χ0n) is 7.98. The zero-order valence-corrected chi connectivity index (χ0v) is 9.98. The van der Waals surface area contributed by atoms with Gasteiger partial charge < -0.3 is 4.74 Å². The first kappa shape index (κ1) is 10.6. The average Bonchev–Trinajstić information content (AvgIpc) is 2.16. The van der Waals surface area contributed by atoms with E-state index in [1.807, 2.05) is 6.92 Å². The maximum atomic E-state index is 5.31. The maximum Gasteiger partial charge on any atom is 0.323 e. The van der Waals surface area contributed by atoms with Crippen molar-refractivity contribution < 1.29 is 4.74 Å². The molecule has 78 valence electrons. The Morgan fingerprint density at radius 1 is 1.21 bits per heavy atom. The Morgan fingerprint density at radius 2 is 1.71 bits per heavy atom. The van der Waals surface area contributed by atoms with Crippen LogP contribution in [0.2, 0.25) is 0 Å². The lowest BCUT2D eigenvalue weighted by molar-refractivity contribution is 0.276. The second-order valence-corrected chi connectivity index (χ2v) is 4.35. The Morgan fingerprint density at radius 3 is 2.07 bits per heavy atom. The van der Waals surface area contributed by atoms with Gasteiger partial charge in [-0.1, -0.05) is 0 Å². The summed E-state index contributed by atoms with van der Waals surface area (Å²) in [5.41, 5.74) is 4.68. The third-order valence-electron chi connectivity index (χ3n) is 1.21. The van der Waals surface area contributed by atoms with Crippen molar-refractivity contribution in [2.45, 2.75) is 12.7 Å². The summed E-state index contributed by atoms with van der Waals surface area (Å²) in [5.74, 6) is 10.7. The number of ether oxygens (including phenoxy) is 1. The Kier molecular flexibility index (Phi) is 3.56. The molecular formula is C5H13N7OSi. The van der Waals surface area contributed by atoms with E-state index in [2.05, 4.69) is 25.8 Å². The molecule has 1 heterocycles. The first-order valence-corrected chi connectivity index (χ1v) is 5.17. The molecule has 6 N–H and O–H groups in total. The molecule has 14 heavy (non-hydrogen) atoms. The SMILES string of the molecule is CC([SiH3])Oc1nc(NN)nc(NN)n1. The molecule has 0 aliphatic heterocycles. The maximum absolute atomic E-state index is 5.31. The number of nitrogens with one attached hydrogen (secondary N) is 2. The van der Waals surface area contributed by atoms with Crippen LogP contribution in [0, 0.1) is 0 Å². The van der Waals surface area contributed by atoms with Crippen LogP contribution in [0.25, 0.3) is 0 Å². The predicted octanol–water partition coefficient (Wildman–Crippen LogP) is -2.47. The van der Waals surface area contributed by atoms with Crippen molar-refractivity contribution >= 4 is 22.1 Å². The smallest absolute Gasteiger partial charge is 0.323 e. The molecule has 1 atom stereocenters. The largest absolute Gasteiger partial charge is 0.465 e. The van der Waals surface area contributed by atoms with Crippen molar-refractivity contribution in [2.24, 2.45) is 11.7 Å². The van der Waals surface area contributed by atoms with Crippen LogP contribution in [0.1, 0.15) is 6.92 Å². The zero-order chi connectivity index (χ0) is 10.6. The van der Waals surface area contributed by atoms with Crippen LogP contribution >= 0.6 is 0 Å². The summed E-state index contributed by atoms with van der Waals surface area (Å²) in [4.78, 5) is 11.6. The Bertz CT molecular complexity index is 284. The number of nitrogens with two attached hydrogens (primary N) is 2. The molecule has 1 aromatic rings. The van der Waals surface area contributed by atoms with Gasteiger partial charge in [-0.3, -0.25) is 10.9 Å². The third kappa shape index (κ3) is 2.79. The number of hydrogen-bond acceptors (Lipinski definition) is 8. The molecule has 0 saturated heterocycles. The summed E-state index contributed by atoms with van der Waals surface area (Å²) in [6.07, 6.45) is 0. The number of nitrogens with zero attached hydrogens (tertiary/aromatic N) is 3. The number of hydrazine groups is 2. The van der Waals surface area contributed by atoms with Gasteiger partial charge in [0.1, 0.15) is 0 Å². The highest BCUT2D eigenvalue weighted by Gasteiger charge is 2.06. The first-order chi connectivity index (χ1) is 6.65.